The van der Waals surface area contributed by atoms with Crippen LogP contribution in [0.1, 0.15) is 37.7 Å². The van der Waals surface area contributed by atoms with E-state index in [2.05, 4.69) is 20.4 Å². The lowest BCUT2D eigenvalue weighted by molar-refractivity contribution is 0.0545. The third-order valence-corrected chi connectivity index (χ3v) is 7.34. The standard InChI is InChI=1S/C24H27F5N4O/c25-16-7-18(22(27)20(26)8-16)23-19(24(28)29)9-21(31-32-23)30-17-5-14-11-33(12-15(14)6-17)10-13-1-3-34-4-2-13/h7-9,13-15,17,24H,1-6,10-12H2,(H,30,31)/t14-,15-/m1/s1. The molecule has 184 valence electrons. The van der Waals surface area contributed by atoms with Crippen molar-refractivity contribution in [3.8, 4) is 11.3 Å². The zero-order chi connectivity index (χ0) is 23.8. The molecule has 2 atom stereocenters. The molecule has 3 aliphatic rings. The van der Waals surface area contributed by atoms with Crippen molar-refractivity contribution < 1.29 is 26.7 Å². The molecule has 2 aliphatic heterocycles. The van der Waals surface area contributed by atoms with E-state index in [1.165, 1.54) is 0 Å². The van der Waals surface area contributed by atoms with Crippen LogP contribution >= 0.6 is 0 Å². The molecular weight excluding hydrogens is 455 g/mol. The van der Waals surface area contributed by atoms with E-state index < -0.39 is 40.7 Å². The molecule has 3 heterocycles. The summed E-state index contributed by atoms with van der Waals surface area (Å²) < 4.78 is 74.3. The van der Waals surface area contributed by atoms with Crippen LogP contribution in [0.5, 0.6) is 0 Å². The number of halogens is 5. The molecule has 1 aromatic heterocycles. The molecule has 5 nitrogen and oxygen atoms in total. The lowest BCUT2D eigenvalue weighted by Gasteiger charge is -2.27. The molecule has 3 fully saturated rings. The number of hydrogen-bond acceptors (Lipinski definition) is 5. The van der Waals surface area contributed by atoms with Crippen molar-refractivity contribution in [1.29, 1.82) is 0 Å². The van der Waals surface area contributed by atoms with Gasteiger partial charge in [0.15, 0.2) is 11.6 Å². The van der Waals surface area contributed by atoms with Crippen molar-refractivity contribution in [1.82, 2.24) is 15.1 Å². The molecule has 10 heteroatoms. The molecule has 1 N–H and O–H groups in total. The van der Waals surface area contributed by atoms with Crippen molar-refractivity contribution in [2.75, 3.05) is 38.2 Å². The van der Waals surface area contributed by atoms with Gasteiger partial charge in [-0.05, 0) is 55.6 Å². The maximum absolute atomic E-state index is 14.2. The summed E-state index contributed by atoms with van der Waals surface area (Å²) in [6, 6.07) is 2.17. The zero-order valence-electron chi connectivity index (χ0n) is 18.6. The average molecular weight is 482 g/mol. The van der Waals surface area contributed by atoms with E-state index in [9.17, 15) is 22.0 Å². The largest absolute Gasteiger partial charge is 0.381 e. The van der Waals surface area contributed by atoms with Gasteiger partial charge in [0.05, 0.1) is 0 Å². The van der Waals surface area contributed by atoms with Crippen LogP contribution in [-0.2, 0) is 4.74 Å². The third-order valence-electron chi connectivity index (χ3n) is 7.34. The number of ether oxygens (including phenoxy) is 1. The van der Waals surface area contributed by atoms with Crippen LogP contribution in [0, 0.1) is 35.2 Å². The maximum Gasteiger partial charge on any atom is 0.266 e. The van der Waals surface area contributed by atoms with Crippen LogP contribution in [0.4, 0.5) is 27.8 Å². The minimum absolute atomic E-state index is 0.0780. The van der Waals surface area contributed by atoms with Gasteiger partial charge in [0, 0.05) is 56.1 Å². The van der Waals surface area contributed by atoms with Gasteiger partial charge in [-0.1, -0.05) is 0 Å². The maximum atomic E-state index is 14.2. The van der Waals surface area contributed by atoms with E-state index in [0.29, 0.717) is 29.9 Å². The summed E-state index contributed by atoms with van der Waals surface area (Å²) in [5.74, 6) is -2.05. The highest BCUT2D eigenvalue weighted by atomic mass is 19.3. The Morgan fingerprint density at radius 3 is 2.38 bits per heavy atom. The van der Waals surface area contributed by atoms with E-state index in [4.69, 9.17) is 4.74 Å². The first kappa shape index (κ1) is 23.4. The first-order valence-corrected chi connectivity index (χ1v) is 11.7. The number of benzene rings is 1. The van der Waals surface area contributed by atoms with Crippen LogP contribution in [0.25, 0.3) is 11.3 Å². The summed E-state index contributed by atoms with van der Waals surface area (Å²) in [5, 5.41) is 10.8. The highest BCUT2D eigenvalue weighted by Gasteiger charge is 2.41. The summed E-state index contributed by atoms with van der Waals surface area (Å²) in [4.78, 5) is 2.54. The molecule has 2 aromatic rings. The van der Waals surface area contributed by atoms with Gasteiger partial charge in [0.25, 0.3) is 6.43 Å². The highest BCUT2D eigenvalue weighted by molar-refractivity contribution is 5.65. The van der Waals surface area contributed by atoms with E-state index in [-0.39, 0.29) is 11.9 Å². The highest BCUT2D eigenvalue weighted by Crippen LogP contribution is 2.40. The van der Waals surface area contributed by atoms with Crippen molar-refractivity contribution in [2.24, 2.45) is 17.8 Å². The fraction of sp³-hybridized carbons (Fsp3) is 0.583. The molecule has 34 heavy (non-hydrogen) atoms. The topological polar surface area (TPSA) is 50.3 Å². The Labute approximate surface area is 194 Å². The SMILES string of the molecule is Fc1cc(F)c(F)c(-c2nnc(NC3C[C@@H]4CN(CC5CCOCC5)C[C@H]4C3)cc2C(F)F)c1. The van der Waals surface area contributed by atoms with Crippen molar-refractivity contribution in [2.45, 2.75) is 38.2 Å². The molecular formula is C24H27F5N4O. The predicted molar refractivity (Wildman–Crippen MR) is 116 cm³/mol. The van der Waals surface area contributed by atoms with Crippen molar-refractivity contribution in [3.05, 3.63) is 41.2 Å². The van der Waals surface area contributed by atoms with Gasteiger partial charge >= 0.3 is 0 Å². The summed E-state index contributed by atoms with van der Waals surface area (Å²) in [5.41, 5.74) is -1.86. The monoisotopic (exact) mass is 482 g/mol. The van der Waals surface area contributed by atoms with Gasteiger partial charge in [0.1, 0.15) is 17.3 Å². The number of aromatic nitrogens is 2. The summed E-state index contributed by atoms with van der Waals surface area (Å²) in [7, 11) is 0. The number of anilines is 1. The lowest BCUT2D eigenvalue weighted by Crippen LogP contribution is -2.32. The van der Waals surface area contributed by atoms with Gasteiger partial charge in [-0.25, -0.2) is 22.0 Å². The smallest absolute Gasteiger partial charge is 0.266 e. The van der Waals surface area contributed by atoms with Gasteiger partial charge in [0.2, 0.25) is 0 Å². The molecule has 0 radical (unpaired) electrons. The fourth-order valence-electron chi connectivity index (χ4n) is 5.75. The molecule has 1 saturated carbocycles. The Morgan fingerprint density at radius 2 is 1.71 bits per heavy atom. The zero-order valence-corrected chi connectivity index (χ0v) is 18.6. The predicted octanol–water partition coefficient (Wildman–Crippen LogP) is 5.05. The third kappa shape index (κ3) is 4.88. The number of rotatable bonds is 6. The molecule has 0 amide bonds. The molecule has 1 aliphatic carbocycles. The van der Waals surface area contributed by atoms with Crippen LogP contribution in [-0.4, -0.2) is 54.0 Å². The van der Waals surface area contributed by atoms with Gasteiger partial charge in [-0.15, -0.1) is 10.2 Å². The number of fused-ring (bicyclic) bond motifs is 1. The van der Waals surface area contributed by atoms with Crippen molar-refractivity contribution in [3.63, 3.8) is 0 Å². The number of nitrogens with zero attached hydrogens (tertiary/aromatic N) is 3. The molecule has 2 saturated heterocycles. The normalized spacial score (nSPS) is 24.2. The van der Waals surface area contributed by atoms with Crippen LogP contribution in [0.15, 0.2) is 18.2 Å². The van der Waals surface area contributed by atoms with Crippen LogP contribution < -0.4 is 5.32 Å². The summed E-state index contributed by atoms with van der Waals surface area (Å²) >= 11 is 0. The molecule has 1 aromatic carbocycles. The summed E-state index contributed by atoms with van der Waals surface area (Å²) in [6.45, 7) is 4.88. The summed E-state index contributed by atoms with van der Waals surface area (Å²) in [6.07, 6.45) is 1.03. The Morgan fingerprint density at radius 1 is 1.00 bits per heavy atom. The second-order valence-electron chi connectivity index (χ2n) is 9.69. The molecule has 0 spiro atoms. The Hall–Kier alpha value is -2.33. The number of likely N-dealkylation sites (tertiary alicyclic amines) is 1. The minimum Gasteiger partial charge on any atom is -0.381 e. The van der Waals surface area contributed by atoms with Gasteiger partial charge in [-0.2, -0.15) is 0 Å². The van der Waals surface area contributed by atoms with E-state index in [1.54, 1.807) is 0 Å². The van der Waals surface area contributed by atoms with Gasteiger partial charge < -0.3 is 15.0 Å². The quantitative estimate of drug-likeness (QED) is 0.462. The van der Waals surface area contributed by atoms with E-state index in [1.807, 2.05) is 0 Å². The van der Waals surface area contributed by atoms with E-state index in [0.717, 1.165) is 64.6 Å². The second-order valence-corrected chi connectivity index (χ2v) is 9.69. The second kappa shape index (κ2) is 9.73. The number of hydrogen-bond donors (Lipinski definition) is 1. The molecule has 0 unspecified atom stereocenters. The van der Waals surface area contributed by atoms with Gasteiger partial charge in [-0.3, -0.25) is 0 Å². The number of alkyl halides is 2. The fourth-order valence-corrected chi connectivity index (χ4v) is 5.75. The first-order chi connectivity index (χ1) is 16.4. The molecule has 5 rings (SSSR count). The first-order valence-electron chi connectivity index (χ1n) is 11.7. The van der Waals surface area contributed by atoms with Crippen LogP contribution in [0.2, 0.25) is 0 Å². The molecule has 0 bridgehead atoms. The minimum atomic E-state index is -3.02. The number of nitrogens with one attached hydrogen (secondary N) is 1. The van der Waals surface area contributed by atoms with Crippen molar-refractivity contribution >= 4 is 5.82 Å². The average Bonchev–Trinajstić information content (AvgIpc) is 3.34. The van der Waals surface area contributed by atoms with Crippen LogP contribution in [0.3, 0.4) is 0 Å². The Kier molecular flexibility index (Phi) is 6.70. The van der Waals surface area contributed by atoms with E-state index >= 15 is 0 Å². The Bertz CT molecular complexity index is 1020. The lowest BCUT2D eigenvalue weighted by atomic mass is 10.00. The Balaban J connectivity index is 1.24.